The molecule has 0 aliphatic heterocycles. The maximum atomic E-state index is 6.50. The van der Waals surface area contributed by atoms with Crippen molar-refractivity contribution in [2.24, 2.45) is 0 Å². The number of para-hydroxylation sites is 1. The van der Waals surface area contributed by atoms with Gasteiger partial charge in [0.25, 0.3) is 6.33 Å². The molecule has 5 aromatic carbocycles. The molecule has 6 heteroatoms. The topological polar surface area (TPSA) is 35.9 Å². The van der Waals surface area contributed by atoms with Gasteiger partial charge in [0.05, 0.1) is 5.69 Å². The van der Waals surface area contributed by atoms with Gasteiger partial charge in [-0.3, -0.25) is 4.57 Å². The zero-order chi connectivity index (χ0) is 32.8. The van der Waals surface area contributed by atoms with Gasteiger partial charge in [-0.1, -0.05) is 99.6 Å². The summed E-state index contributed by atoms with van der Waals surface area (Å²) in [7, 11) is 0. The van der Waals surface area contributed by atoms with E-state index in [1.165, 1.54) is 11.1 Å². The van der Waals surface area contributed by atoms with Gasteiger partial charge in [-0.15, -0.1) is 17.7 Å². The van der Waals surface area contributed by atoms with Gasteiger partial charge in [0.2, 0.25) is 0 Å². The number of pyridine rings is 1. The fourth-order valence-electron chi connectivity index (χ4n) is 6.22. The predicted octanol–water partition coefficient (Wildman–Crippen LogP) is 9.78. The van der Waals surface area contributed by atoms with E-state index < -0.39 is 0 Å². The maximum Gasteiger partial charge on any atom is 0.267 e. The monoisotopic (exact) mass is 817 g/mol. The molecule has 0 spiro atoms. The molecule has 0 saturated heterocycles. The summed E-state index contributed by atoms with van der Waals surface area (Å²) in [6.45, 7) is 11.1. The van der Waals surface area contributed by atoms with Crippen LogP contribution in [-0.4, -0.2) is 14.1 Å². The van der Waals surface area contributed by atoms with Crippen molar-refractivity contribution in [3.8, 4) is 39.8 Å². The number of hydrogen-bond donors (Lipinski definition) is 0. The van der Waals surface area contributed by atoms with Gasteiger partial charge < -0.3 is 13.9 Å². The summed E-state index contributed by atoms with van der Waals surface area (Å²) in [4.78, 5) is 4.91. The summed E-state index contributed by atoms with van der Waals surface area (Å²) in [5.41, 5.74) is 8.20. The summed E-state index contributed by atoms with van der Waals surface area (Å²) >= 11 is 0. The Labute approximate surface area is 301 Å². The molecular formula is C43H34N4OPt-2. The second-order valence-corrected chi connectivity index (χ2v) is 13.0. The molecule has 0 aliphatic rings. The number of ether oxygens (including phenoxy) is 1. The molecular weight excluding hydrogens is 784 g/mol. The van der Waals surface area contributed by atoms with E-state index in [0.29, 0.717) is 11.5 Å². The summed E-state index contributed by atoms with van der Waals surface area (Å²) in [6.07, 6.45) is 9.37. The normalized spacial score (nSPS) is 11.5. The molecule has 0 N–H and O–H groups in total. The van der Waals surface area contributed by atoms with Gasteiger partial charge >= 0.3 is 0 Å². The zero-order valence-corrected chi connectivity index (χ0v) is 29.8. The quantitative estimate of drug-likeness (QED) is 0.124. The number of rotatable bonds is 6. The number of benzene rings is 5. The minimum atomic E-state index is 0. The molecule has 0 radical (unpaired) electrons. The van der Waals surface area contributed by atoms with E-state index in [-0.39, 0.29) is 26.5 Å². The third-order valence-electron chi connectivity index (χ3n) is 8.79. The van der Waals surface area contributed by atoms with Crippen molar-refractivity contribution in [1.82, 2.24) is 14.1 Å². The van der Waals surface area contributed by atoms with Gasteiger partial charge in [0.1, 0.15) is 5.82 Å². The molecule has 0 bridgehead atoms. The van der Waals surface area contributed by atoms with Crippen molar-refractivity contribution in [2.75, 3.05) is 0 Å². The smallest absolute Gasteiger partial charge is 0.267 e. The van der Waals surface area contributed by atoms with Crippen molar-refractivity contribution in [3.05, 3.63) is 170 Å². The molecule has 0 saturated carbocycles. The molecule has 0 amide bonds. The van der Waals surface area contributed by atoms with Crippen LogP contribution in [0.5, 0.6) is 11.5 Å². The van der Waals surface area contributed by atoms with Crippen molar-refractivity contribution in [3.63, 3.8) is 0 Å². The average molecular weight is 818 g/mol. The van der Waals surface area contributed by atoms with Gasteiger partial charge in [0.15, 0.2) is 0 Å². The molecule has 8 rings (SSSR count). The van der Waals surface area contributed by atoms with Crippen molar-refractivity contribution >= 4 is 21.8 Å². The van der Waals surface area contributed by atoms with Crippen molar-refractivity contribution in [1.29, 1.82) is 0 Å². The fraction of sp³-hybridized carbons (Fsp3) is 0.0930. The summed E-state index contributed by atoms with van der Waals surface area (Å²) < 4.78 is 12.6. The molecule has 3 aromatic heterocycles. The van der Waals surface area contributed by atoms with Crippen LogP contribution in [0.3, 0.4) is 0 Å². The first-order chi connectivity index (χ1) is 23.3. The molecule has 0 aliphatic carbocycles. The third kappa shape index (κ3) is 6.07. The van der Waals surface area contributed by atoms with Crippen LogP contribution in [0.25, 0.3) is 50.1 Å². The standard InChI is InChI=1S/C43H34N4O.Pt/c1-30-40(22-21-38-37-18-8-9-19-39(37)47(42(30)38)41-23-20-33(28-44-41)43(2,3)4)48-36-17-11-16-35(27-36)46-25-24-45(29-46)34-15-10-14-32(26-34)31-12-6-5-7-13-31;/h5-26,28H,1H2,2-4H3;/q-2;. The fourth-order valence-corrected chi connectivity index (χ4v) is 6.22. The van der Waals surface area contributed by atoms with E-state index in [9.17, 15) is 0 Å². The van der Waals surface area contributed by atoms with Crippen molar-refractivity contribution < 1.29 is 30.4 Å². The van der Waals surface area contributed by atoms with Gasteiger partial charge in [0, 0.05) is 50.9 Å². The molecule has 0 unspecified atom stereocenters. The first-order valence-corrected chi connectivity index (χ1v) is 16.1. The summed E-state index contributed by atoms with van der Waals surface area (Å²) in [5, 5.41) is 2.25. The Morgan fingerprint density at radius 3 is 2.35 bits per heavy atom. The van der Waals surface area contributed by atoms with E-state index in [1.54, 1.807) is 0 Å². The van der Waals surface area contributed by atoms with Gasteiger partial charge in [-0.05, 0) is 74.1 Å². The predicted molar refractivity (Wildman–Crippen MR) is 192 cm³/mol. The Hall–Kier alpha value is -5.38. The van der Waals surface area contributed by atoms with Gasteiger partial charge in [-0.25, -0.2) is 4.98 Å². The van der Waals surface area contributed by atoms with Crippen molar-refractivity contribution in [2.45, 2.75) is 26.2 Å². The Bertz CT molecular complexity index is 2420. The minimum absolute atomic E-state index is 0. The molecule has 0 atom stereocenters. The molecule has 0 fully saturated rings. The minimum Gasteiger partial charge on any atom is -0.541 e. The van der Waals surface area contributed by atoms with E-state index >= 15 is 0 Å². The molecule has 8 aromatic rings. The number of aromatic nitrogens is 4. The molecule has 244 valence electrons. The molecule has 3 heterocycles. The summed E-state index contributed by atoms with van der Waals surface area (Å²) in [5.74, 6) is 2.10. The van der Waals surface area contributed by atoms with Crippen LogP contribution in [0.15, 0.2) is 140 Å². The SMILES string of the molecule is [CH2-]c1c(Oc2[c-]c(-n3[c-][n+](-c4cccc(-c5ccccc5)c4)cc3)ccc2)ccc2c3ccccc3n(-c3ccc(C(C)(C)C)cn3)c12.[Pt]. The Balaban J connectivity index is 0.00000378. The van der Waals surface area contributed by atoms with E-state index in [0.717, 1.165) is 50.1 Å². The summed E-state index contributed by atoms with van der Waals surface area (Å²) in [6, 6.07) is 44.9. The Kier molecular flexibility index (Phi) is 8.48. The first kappa shape index (κ1) is 32.2. The Morgan fingerprint density at radius 2 is 1.55 bits per heavy atom. The van der Waals surface area contributed by atoms with Crippen LogP contribution in [0.4, 0.5) is 0 Å². The molecule has 5 nitrogen and oxygen atoms in total. The van der Waals surface area contributed by atoms with Crippen LogP contribution in [0.1, 0.15) is 31.9 Å². The van der Waals surface area contributed by atoms with Crippen LogP contribution < -0.4 is 9.30 Å². The van der Waals surface area contributed by atoms with Gasteiger partial charge in [-0.2, -0.15) is 19.1 Å². The van der Waals surface area contributed by atoms with Crippen LogP contribution in [0, 0.1) is 19.3 Å². The number of imidazole rings is 1. The molecule has 49 heavy (non-hydrogen) atoms. The van der Waals surface area contributed by atoms with E-state index in [2.05, 4.69) is 136 Å². The maximum absolute atomic E-state index is 6.50. The number of hydrogen-bond acceptors (Lipinski definition) is 2. The van der Waals surface area contributed by atoms with Crippen LogP contribution in [-0.2, 0) is 26.5 Å². The third-order valence-corrected chi connectivity index (χ3v) is 8.79. The first-order valence-electron chi connectivity index (χ1n) is 16.1. The average Bonchev–Trinajstić information content (AvgIpc) is 3.74. The number of nitrogens with zero attached hydrogens (tertiary/aromatic N) is 4. The second kappa shape index (κ2) is 12.9. The van der Waals surface area contributed by atoms with Crippen LogP contribution >= 0.6 is 0 Å². The van der Waals surface area contributed by atoms with Crippen LogP contribution in [0.2, 0.25) is 0 Å². The zero-order valence-electron chi connectivity index (χ0n) is 27.5. The second-order valence-electron chi connectivity index (χ2n) is 13.0. The Morgan fingerprint density at radius 1 is 0.776 bits per heavy atom. The van der Waals surface area contributed by atoms with E-state index in [4.69, 9.17) is 9.72 Å². The number of fused-ring (bicyclic) bond motifs is 3. The largest absolute Gasteiger partial charge is 0.541 e. The van der Waals surface area contributed by atoms with E-state index in [1.807, 2.05) is 58.1 Å².